The summed E-state index contributed by atoms with van der Waals surface area (Å²) in [7, 11) is 0. The van der Waals surface area contributed by atoms with Crippen molar-refractivity contribution in [1.82, 2.24) is 0 Å². The summed E-state index contributed by atoms with van der Waals surface area (Å²) in [4.78, 5) is 11.1. The van der Waals surface area contributed by atoms with Gasteiger partial charge in [-0.1, -0.05) is 19.3 Å². The predicted molar refractivity (Wildman–Crippen MR) is 46.4 cm³/mol. The lowest BCUT2D eigenvalue weighted by Crippen LogP contribution is -2.22. The fourth-order valence-corrected chi connectivity index (χ4v) is 2.00. The van der Waals surface area contributed by atoms with E-state index in [0.717, 1.165) is 12.8 Å². The first-order valence-electron chi connectivity index (χ1n) is 4.65. The molecule has 0 radical (unpaired) electrons. The van der Waals surface area contributed by atoms with Gasteiger partial charge in [0.25, 0.3) is 0 Å². The van der Waals surface area contributed by atoms with Crippen molar-refractivity contribution in [3.63, 3.8) is 0 Å². The second-order valence-corrected chi connectivity index (χ2v) is 3.62. The van der Waals surface area contributed by atoms with Crippen molar-refractivity contribution in [2.24, 2.45) is 11.8 Å². The normalized spacial score (nSPS) is 21.3. The summed E-state index contributed by atoms with van der Waals surface area (Å²) in [5, 5.41) is 8.78. The van der Waals surface area contributed by atoms with Crippen LogP contribution in [-0.4, -0.2) is 5.78 Å². The van der Waals surface area contributed by atoms with Gasteiger partial charge in [0.05, 0.1) is 6.07 Å². The molecule has 12 heavy (non-hydrogen) atoms. The first kappa shape index (κ1) is 9.25. The highest BCUT2D eigenvalue weighted by atomic mass is 16.1. The van der Waals surface area contributed by atoms with Gasteiger partial charge in [-0.25, -0.2) is 0 Å². The molecule has 0 saturated heterocycles. The fourth-order valence-electron chi connectivity index (χ4n) is 2.00. The molecule has 0 aliphatic heterocycles. The average molecular weight is 165 g/mol. The van der Waals surface area contributed by atoms with Crippen molar-refractivity contribution in [3.8, 4) is 6.07 Å². The third-order valence-electron chi connectivity index (χ3n) is 2.70. The van der Waals surface area contributed by atoms with Gasteiger partial charge >= 0.3 is 0 Å². The van der Waals surface area contributed by atoms with Gasteiger partial charge in [-0.3, -0.25) is 4.79 Å². The number of Topliss-reactive ketones (excluding diaryl/α,β-unsaturated/α-hetero) is 1. The minimum absolute atomic E-state index is 0.0457. The Kier molecular flexibility index (Phi) is 3.28. The molecule has 1 aliphatic rings. The molecule has 1 rings (SSSR count). The quantitative estimate of drug-likeness (QED) is 0.630. The summed E-state index contributed by atoms with van der Waals surface area (Å²) in [5.74, 6) is 0.0657. The molecular weight excluding hydrogens is 150 g/mol. The Labute approximate surface area is 73.6 Å². The van der Waals surface area contributed by atoms with Crippen LogP contribution in [-0.2, 0) is 4.79 Å². The van der Waals surface area contributed by atoms with E-state index in [4.69, 9.17) is 5.26 Å². The lowest BCUT2D eigenvalue weighted by molar-refractivity contribution is -0.120. The van der Waals surface area contributed by atoms with Crippen LogP contribution in [0.2, 0.25) is 0 Å². The molecule has 1 atom stereocenters. The molecule has 1 aliphatic carbocycles. The summed E-state index contributed by atoms with van der Waals surface area (Å²) in [6, 6.07) is 2.12. The molecule has 66 valence electrons. The number of rotatable bonds is 2. The SMILES string of the molecule is CC(=O)C(C#N)C1CCCCC1. The number of carbonyl (C=O) groups excluding carboxylic acids is 1. The molecular formula is C10H15NO. The molecule has 1 saturated carbocycles. The van der Waals surface area contributed by atoms with Crippen LogP contribution in [0.25, 0.3) is 0 Å². The van der Waals surface area contributed by atoms with E-state index in [2.05, 4.69) is 6.07 Å². The van der Waals surface area contributed by atoms with Gasteiger partial charge in [0.15, 0.2) is 0 Å². The minimum Gasteiger partial charge on any atom is -0.299 e. The Bertz CT molecular complexity index is 198. The Morgan fingerprint density at radius 1 is 1.42 bits per heavy atom. The van der Waals surface area contributed by atoms with Crippen LogP contribution in [0, 0.1) is 23.2 Å². The molecule has 0 N–H and O–H groups in total. The highest BCUT2D eigenvalue weighted by molar-refractivity contribution is 5.81. The number of carbonyl (C=O) groups is 1. The molecule has 0 bridgehead atoms. The van der Waals surface area contributed by atoms with Gasteiger partial charge in [-0.05, 0) is 25.7 Å². The van der Waals surface area contributed by atoms with Crippen molar-refractivity contribution < 1.29 is 4.79 Å². The Balaban J connectivity index is 2.53. The van der Waals surface area contributed by atoms with Crippen molar-refractivity contribution in [1.29, 1.82) is 5.26 Å². The zero-order valence-corrected chi connectivity index (χ0v) is 7.55. The van der Waals surface area contributed by atoms with E-state index in [-0.39, 0.29) is 11.7 Å². The number of ketones is 1. The van der Waals surface area contributed by atoms with E-state index in [1.165, 1.54) is 26.2 Å². The maximum atomic E-state index is 11.1. The lowest BCUT2D eigenvalue weighted by Gasteiger charge is -2.23. The highest BCUT2D eigenvalue weighted by Crippen LogP contribution is 2.29. The van der Waals surface area contributed by atoms with Crippen LogP contribution in [0.4, 0.5) is 0 Å². The molecule has 1 unspecified atom stereocenters. The molecule has 2 nitrogen and oxygen atoms in total. The van der Waals surface area contributed by atoms with Crippen molar-refractivity contribution in [2.45, 2.75) is 39.0 Å². The standard InChI is InChI=1S/C10H15NO/c1-8(12)10(7-11)9-5-3-2-4-6-9/h9-10H,2-6H2,1H3. The Hall–Kier alpha value is -0.840. The second-order valence-electron chi connectivity index (χ2n) is 3.62. The zero-order chi connectivity index (χ0) is 8.97. The zero-order valence-electron chi connectivity index (χ0n) is 7.55. The van der Waals surface area contributed by atoms with Crippen LogP contribution >= 0.6 is 0 Å². The Morgan fingerprint density at radius 2 is 2.00 bits per heavy atom. The third-order valence-corrected chi connectivity index (χ3v) is 2.70. The van der Waals surface area contributed by atoms with E-state index in [1.54, 1.807) is 0 Å². The molecule has 0 aromatic heterocycles. The van der Waals surface area contributed by atoms with E-state index in [1.807, 2.05) is 0 Å². The molecule has 1 fully saturated rings. The summed E-state index contributed by atoms with van der Waals surface area (Å²) >= 11 is 0. The molecule has 2 heteroatoms. The van der Waals surface area contributed by atoms with Gasteiger partial charge < -0.3 is 0 Å². The maximum absolute atomic E-state index is 11.1. The van der Waals surface area contributed by atoms with Gasteiger partial charge in [0, 0.05) is 0 Å². The van der Waals surface area contributed by atoms with Crippen LogP contribution < -0.4 is 0 Å². The van der Waals surface area contributed by atoms with Gasteiger partial charge in [0.2, 0.25) is 0 Å². The van der Waals surface area contributed by atoms with Gasteiger partial charge in [0.1, 0.15) is 11.7 Å². The third kappa shape index (κ3) is 2.07. The van der Waals surface area contributed by atoms with Crippen LogP contribution in [0.1, 0.15) is 39.0 Å². The molecule has 0 aromatic carbocycles. The first-order chi connectivity index (χ1) is 5.75. The predicted octanol–water partition coefficient (Wildman–Crippen LogP) is 2.30. The Morgan fingerprint density at radius 3 is 2.42 bits per heavy atom. The fraction of sp³-hybridized carbons (Fsp3) is 0.800. The highest BCUT2D eigenvalue weighted by Gasteiger charge is 2.26. The number of nitrogens with zero attached hydrogens (tertiary/aromatic N) is 1. The van der Waals surface area contributed by atoms with Gasteiger partial charge in [-0.15, -0.1) is 0 Å². The molecule has 0 spiro atoms. The molecule has 0 amide bonds. The molecule has 0 heterocycles. The van der Waals surface area contributed by atoms with E-state index in [0.29, 0.717) is 5.92 Å². The first-order valence-corrected chi connectivity index (χ1v) is 4.65. The monoisotopic (exact) mass is 165 g/mol. The molecule has 0 aromatic rings. The smallest absolute Gasteiger partial charge is 0.147 e. The van der Waals surface area contributed by atoms with Crippen LogP contribution in [0.3, 0.4) is 0 Å². The summed E-state index contributed by atoms with van der Waals surface area (Å²) in [6.45, 7) is 1.53. The lowest BCUT2D eigenvalue weighted by atomic mass is 9.79. The van der Waals surface area contributed by atoms with Gasteiger partial charge in [-0.2, -0.15) is 5.26 Å². The topological polar surface area (TPSA) is 40.9 Å². The van der Waals surface area contributed by atoms with Crippen molar-refractivity contribution in [2.75, 3.05) is 0 Å². The van der Waals surface area contributed by atoms with E-state index in [9.17, 15) is 4.79 Å². The largest absolute Gasteiger partial charge is 0.299 e. The summed E-state index contributed by atoms with van der Waals surface area (Å²) < 4.78 is 0. The van der Waals surface area contributed by atoms with E-state index >= 15 is 0 Å². The number of nitriles is 1. The number of hydrogen-bond donors (Lipinski definition) is 0. The van der Waals surface area contributed by atoms with E-state index < -0.39 is 0 Å². The number of hydrogen-bond acceptors (Lipinski definition) is 2. The van der Waals surface area contributed by atoms with Crippen molar-refractivity contribution in [3.05, 3.63) is 0 Å². The maximum Gasteiger partial charge on any atom is 0.147 e. The second kappa shape index (κ2) is 4.25. The minimum atomic E-state index is -0.328. The van der Waals surface area contributed by atoms with Crippen LogP contribution in [0.15, 0.2) is 0 Å². The van der Waals surface area contributed by atoms with Crippen molar-refractivity contribution >= 4 is 5.78 Å². The summed E-state index contributed by atoms with van der Waals surface area (Å²) in [5.41, 5.74) is 0. The summed E-state index contributed by atoms with van der Waals surface area (Å²) in [6.07, 6.45) is 5.79. The average Bonchev–Trinajstić information content (AvgIpc) is 2.07. The van der Waals surface area contributed by atoms with Crippen LogP contribution in [0.5, 0.6) is 0 Å².